The molecule has 2 aromatic heterocycles. The lowest BCUT2D eigenvalue weighted by Gasteiger charge is -2.35. The van der Waals surface area contributed by atoms with Crippen molar-refractivity contribution >= 4 is 88.0 Å². The topological polar surface area (TPSA) is 25.1 Å². The van der Waals surface area contributed by atoms with Crippen molar-refractivity contribution in [3.8, 4) is 55.9 Å². The molecule has 2 heterocycles. The van der Waals surface area contributed by atoms with Gasteiger partial charge in [0, 0.05) is 76.7 Å². The SMILES string of the molecule is Brc1ccc2c3ccc(C4CCCCC4)cc3n(-c3ccccc3)c2c1.CC1(C)c2ccccc2-c2ccc(N(c3ccc4c(c3)C(c3ccccc3)(c3ccccc3)c3ccccc3-4)c3ccc4c5ccc(C6CCCCC6)cc5n(-c5ccccc5)c4c3)cc21.CC1(C)c2ccccc2-c2ccc(Nc3ccc4c(c3)C(c3ccccc3)(c3ccccc3)c3ccccc3-4)cc21. The van der Waals surface area contributed by atoms with E-state index >= 15 is 0 Å². The third-order valence-electron chi connectivity index (χ3n) is 30.8. The van der Waals surface area contributed by atoms with Crippen molar-refractivity contribution in [3.63, 3.8) is 0 Å². The molecule has 133 heavy (non-hydrogen) atoms. The average molecular weight is 1780 g/mol. The third-order valence-corrected chi connectivity index (χ3v) is 31.3. The number of hydrogen-bond acceptors (Lipinski definition) is 2. The molecule has 0 radical (unpaired) electrons. The van der Waals surface area contributed by atoms with E-state index in [9.17, 15) is 0 Å². The van der Waals surface area contributed by atoms with Gasteiger partial charge < -0.3 is 19.4 Å². The Morgan fingerprint density at radius 1 is 0.248 bits per heavy atom. The van der Waals surface area contributed by atoms with Gasteiger partial charge in [-0.2, -0.15) is 0 Å². The number of para-hydroxylation sites is 2. The van der Waals surface area contributed by atoms with Gasteiger partial charge in [-0.15, -0.1) is 0 Å². The molecule has 644 valence electrons. The molecule has 6 aliphatic carbocycles. The van der Waals surface area contributed by atoms with Crippen molar-refractivity contribution in [1.29, 1.82) is 0 Å². The highest BCUT2D eigenvalue weighted by Crippen LogP contribution is 2.61. The maximum atomic E-state index is 3.80. The van der Waals surface area contributed by atoms with Crippen molar-refractivity contribution in [2.24, 2.45) is 0 Å². The third kappa shape index (κ3) is 13.5. The molecule has 18 aromatic carbocycles. The highest BCUT2D eigenvalue weighted by molar-refractivity contribution is 9.10. The molecule has 2 fully saturated rings. The molecule has 20 aromatic rings. The first-order chi connectivity index (χ1) is 65.4. The molecule has 0 amide bonds. The van der Waals surface area contributed by atoms with Crippen molar-refractivity contribution in [2.45, 2.75) is 125 Å². The van der Waals surface area contributed by atoms with Crippen molar-refractivity contribution in [3.05, 3.63) is 507 Å². The molecule has 0 aliphatic heterocycles. The van der Waals surface area contributed by atoms with Crippen LogP contribution in [0, 0.1) is 0 Å². The van der Waals surface area contributed by atoms with Crippen LogP contribution in [0.15, 0.2) is 429 Å². The Balaban J connectivity index is 0.000000123. The number of nitrogens with one attached hydrogen (secondary N) is 1. The predicted molar refractivity (Wildman–Crippen MR) is 561 cm³/mol. The zero-order valence-corrected chi connectivity index (χ0v) is 77.4. The van der Waals surface area contributed by atoms with Gasteiger partial charge in [0.2, 0.25) is 0 Å². The maximum Gasteiger partial charge on any atom is 0.0714 e. The molecular weight excluding hydrogens is 1670 g/mol. The smallest absolute Gasteiger partial charge is 0.0714 e. The van der Waals surface area contributed by atoms with Crippen LogP contribution >= 0.6 is 15.9 Å². The Hall–Kier alpha value is -14.4. The van der Waals surface area contributed by atoms with Crippen LogP contribution in [-0.2, 0) is 21.7 Å². The first-order valence-electron chi connectivity index (χ1n) is 48.1. The highest BCUT2D eigenvalue weighted by Gasteiger charge is 2.49. The summed E-state index contributed by atoms with van der Waals surface area (Å²) in [5.74, 6) is 1.35. The average Bonchev–Trinajstić information content (AvgIpc) is 1.54. The Bertz CT molecular complexity index is 7790. The minimum Gasteiger partial charge on any atom is -0.356 e. The monoisotopic (exact) mass is 1780 g/mol. The van der Waals surface area contributed by atoms with Crippen molar-refractivity contribution in [2.75, 3.05) is 10.2 Å². The summed E-state index contributed by atoms with van der Waals surface area (Å²) in [5.41, 5.74) is 41.4. The Morgan fingerprint density at radius 2 is 0.541 bits per heavy atom. The van der Waals surface area contributed by atoms with Crippen LogP contribution < -0.4 is 10.2 Å². The molecular formula is C128H105BrN4. The van der Waals surface area contributed by atoms with Gasteiger partial charge in [-0.3, -0.25) is 0 Å². The second-order valence-electron chi connectivity index (χ2n) is 38.8. The summed E-state index contributed by atoms with van der Waals surface area (Å²) >= 11 is 3.66. The van der Waals surface area contributed by atoms with Crippen LogP contribution in [0.1, 0.15) is 182 Å². The van der Waals surface area contributed by atoms with Gasteiger partial charge in [0.1, 0.15) is 0 Å². The lowest BCUT2D eigenvalue weighted by molar-refractivity contribution is 0.444. The Labute approximate surface area is 789 Å². The van der Waals surface area contributed by atoms with Crippen molar-refractivity contribution < 1.29 is 0 Å². The number of benzene rings is 18. The van der Waals surface area contributed by atoms with E-state index in [-0.39, 0.29) is 10.8 Å². The zero-order chi connectivity index (χ0) is 89.1. The van der Waals surface area contributed by atoms with Gasteiger partial charge >= 0.3 is 0 Å². The van der Waals surface area contributed by atoms with Crippen LogP contribution in [0.5, 0.6) is 0 Å². The van der Waals surface area contributed by atoms with Gasteiger partial charge in [0.15, 0.2) is 0 Å². The van der Waals surface area contributed by atoms with Gasteiger partial charge in [0.05, 0.1) is 32.9 Å². The summed E-state index contributed by atoms with van der Waals surface area (Å²) in [6, 6.07) is 158. The minimum absolute atomic E-state index is 0.0288. The van der Waals surface area contributed by atoms with Crippen LogP contribution in [-0.4, -0.2) is 9.13 Å². The summed E-state index contributed by atoms with van der Waals surface area (Å²) in [4.78, 5) is 2.53. The van der Waals surface area contributed by atoms with Crippen molar-refractivity contribution in [1.82, 2.24) is 9.13 Å². The quantitative estimate of drug-likeness (QED) is 0.124. The van der Waals surface area contributed by atoms with Gasteiger partial charge in [0.25, 0.3) is 0 Å². The molecule has 5 heteroatoms. The van der Waals surface area contributed by atoms with E-state index in [2.05, 4.69) is 488 Å². The number of fused-ring (bicyclic) bond motifs is 18. The summed E-state index contributed by atoms with van der Waals surface area (Å²) in [6.45, 7) is 9.45. The van der Waals surface area contributed by atoms with E-state index in [0.29, 0.717) is 5.92 Å². The van der Waals surface area contributed by atoms with Crippen LogP contribution in [0.4, 0.5) is 28.4 Å². The lowest BCUT2D eigenvalue weighted by atomic mass is 9.67. The zero-order valence-electron chi connectivity index (χ0n) is 75.9. The summed E-state index contributed by atoms with van der Waals surface area (Å²) in [6.07, 6.45) is 13.4. The predicted octanol–water partition coefficient (Wildman–Crippen LogP) is 34.7. The van der Waals surface area contributed by atoms with E-state index in [1.54, 1.807) is 0 Å². The number of halogens is 1. The second-order valence-corrected chi connectivity index (χ2v) is 39.7. The van der Waals surface area contributed by atoms with E-state index in [4.69, 9.17) is 0 Å². The molecule has 6 aliphatic rings. The van der Waals surface area contributed by atoms with E-state index in [1.165, 1.54) is 242 Å². The first-order valence-corrected chi connectivity index (χ1v) is 48.9. The lowest BCUT2D eigenvalue weighted by Crippen LogP contribution is -2.28. The molecule has 2 saturated carbocycles. The van der Waals surface area contributed by atoms with Gasteiger partial charge in [-0.1, -0.05) is 398 Å². The number of hydrogen-bond donors (Lipinski definition) is 1. The summed E-state index contributed by atoms with van der Waals surface area (Å²) in [7, 11) is 0. The van der Waals surface area contributed by atoms with Crippen LogP contribution in [0.25, 0.3) is 99.5 Å². The number of aromatic nitrogens is 2. The molecule has 0 atom stereocenters. The molecule has 4 nitrogen and oxygen atoms in total. The standard InChI is InChI=1S/C64H52N2.C40H31N.C24H22BrN/c1-63(2)57-29-17-15-27-51(57)53-36-32-48(40-59(53)63)65(49-33-37-54-52-28-16-18-30-58(52)64(60(54)41-49,45-21-9-4-10-22-45)46-23-11-5-12-24-46)50-34-38-56-55-35-31-44(43-19-7-3-8-20-43)39-61(55)66(62(56)42-50)47-25-13-6-14-26-47;1-39(2)35-19-11-9-17-31(35)33-23-21-29(25-37(33)39)41-30-22-24-34-32-18-10-12-20-36(32)40(38(34)26-30,27-13-5-3-6-14-27)28-15-7-4-8-16-28;25-19-12-14-22-21-13-11-18(17-7-3-1-4-8-17)15-23(21)26(24(22)16-19)20-9-5-2-6-10-20/h4-6,9-18,21-43H,3,7-8,19-20H2,1-2H3;3-26,41H,1-2H3;2,5-6,9-17H,1,3-4,7-8H2. The first kappa shape index (κ1) is 81.8. The molecule has 0 spiro atoms. The van der Waals surface area contributed by atoms with E-state index in [1.807, 2.05) is 0 Å². The van der Waals surface area contributed by atoms with Crippen LogP contribution in [0.2, 0.25) is 0 Å². The molecule has 0 bridgehead atoms. The fourth-order valence-corrected chi connectivity index (χ4v) is 24.9. The Kier molecular flexibility index (Phi) is 20.4. The molecule has 0 unspecified atom stereocenters. The fraction of sp³-hybridized carbons (Fsp3) is 0.156. The number of anilines is 5. The highest BCUT2D eigenvalue weighted by atomic mass is 79.9. The molecule has 0 saturated heterocycles. The Morgan fingerprint density at radius 3 is 0.970 bits per heavy atom. The number of nitrogens with zero attached hydrogens (tertiary/aromatic N) is 3. The summed E-state index contributed by atoms with van der Waals surface area (Å²) < 4.78 is 6.07. The largest absolute Gasteiger partial charge is 0.356 e. The molecule has 26 rings (SSSR count). The minimum atomic E-state index is -0.516. The number of rotatable bonds is 13. The van der Waals surface area contributed by atoms with E-state index in [0.717, 1.165) is 38.8 Å². The van der Waals surface area contributed by atoms with Gasteiger partial charge in [-0.05, 0) is 269 Å². The normalized spacial score (nSPS) is 15.4. The van der Waals surface area contributed by atoms with Gasteiger partial charge in [-0.25, -0.2) is 0 Å². The maximum absolute atomic E-state index is 3.80. The summed E-state index contributed by atoms with van der Waals surface area (Å²) in [5, 5.41) is 9.03. The van der Waals surface area contributed by atoms with E-state index < -0.39 is 10.8 Å². The molecule has 1 N–H and O–H groups in total. The fourth-order valence-electron chi connectivity index (χ4n) is 24.6. The van der Waals surface area contributed by atoms with Crippen LogP contribution in [0.3, 0.4) is 0 Å². The second kappa shape index (κ2) is 33.2.